The maximum atomic E-state index is 12.2. The molecule has 1 aromatic carbocycles. The van der Waals surface area contributed by atoms with E-state index in [0.717, 1.165) is 25.3 Å². The van der Waals surface area contributed by atoms with Gasteiger partial charge in [-0.05, 0) is 49.7 Å². The highest BCUT2D eigenvalue weighted by atomic mass is 35.5. The van der Waals surface area contributed by atoms with E-state index in [2.05, 4.69) is 24.1 Å². The highest BCUT2D eigenvalue weighted by Crippen LogP contribution is 2.14. The van der Waals surface area contributed by atoms with Crippen LogP contribution >= 0.6 is 12.4 Å². The minimum Gasteiger partial charge on any atom is -0.490 e. The highest BCUT2D eigenvalue weighted by molar-refractivity contribution is 5.94. The SMILES string of the molecule is C=CCOc1ccc(C(=O)NC2CCNCC2C)cc1.Cl. The van der Waals surface area contributed by atoms with Gasteiger partial charge in [-0.25, -0.2) is 0 Å². The third kappa shape index (κ3) is 5.06. The molecule has 0 bridgehead atoms. The number of carbonyl (C=O) groups is 1. The van der Waals surface area contributed by atoms with Crippen LogP contribution in [0.4, 0.5) is 0 Å². The van der Waals surface area contributed by atoms with Crippen LogP contribution in [-0.4, -0.2) is 31.6 Å². The monoisotopic (exact) mass is 310 g/mol. The van der Waals surface area contributed by atoms with Gasteiger partial charge in [-0.15, -0.1) is 12.4 Å². The Bertz CT molecular complexity index is 462. The third-order valence-electron chi connectivity index (χ3n) is 3.59. The smallest absolute Gasteiger partial charge is 0.251 e. The van der Waals surface area contributed by atoms with E-state index >= 15 is 0 Å². The average Bonchev–Trinajstić information content (AvgIpc) is 2.48. The molecule has 1 fully saturated rings. The van der Waals surface area contributed by atoms with Gasteiger partial charge in [0, 0.05) is 11.6 Å². The minimum absolute atomic E-state index is 0. The van der Waals surface area contributed by atoms with Crippen LogP contribution in [0.2, 0.25) is 0 Å². The van der Waals surface area contributed by atoms with Gasteiger partial charge in [0.2, 0.25) is 0 Å². The van der Waals surface area contributed by atoms with Gasteiger partial charge >= 0.3 is 0 Å². The van der Waals surface area contributed by atoms with E-state index in [9.17, 15) is 4.79 Å². The summed E-state index contributed by atoms with van der Waals surface area (Å²) >= 11 is 0. The Balaban J connectivity index is 0.00000220. The summed E-state index contributed by atoms with van der Waals surface area (Å²) in [5.74, 6) is 1.19. The molecule has 116 valence electrons. The zero-order valence-electron chi connectivity index (χ0n) is 12.3. The van der Waals surface area contributed by atoms with Crippen molar-refractivity contribution in [1.82, 2.24) is 10.6 Å². The summed E-state index contributed by atoms with van der Waals surface area (Å²) in [5, 5.41) is 6.44. The van der Waals surface area contributed by atoms with Crippen molar-refractivity contribution in [2.75, 3.05) is 19.7 Å². The van der Waals surface area contributed by atoms with Gasteiger partial charge in [0.05, 0.1) is 0 Å². The molecule has 1 amide bonds. The van der Waals surface area contributed by atoms with Gasteiger partial charge in [-0.3, -0.25) is 4.79 Å². The van der Waals surface area contributed by atoms with Crippen LogP contribution in [0, 0.1) is 5.92 Å². The number of rotatable bonds is 5. The summed E-state index contributed by atoms with van der Waals surface area (Å²) in [5.41, 5.74) is 0.668. The standard InChI is InChI=1S/C16H22N2O2.ClH/c1-3-10-20-14-6-4-13(5-7-14)16(19)18-15-8-9-17-11-12(15)2;/h3-7,12,15,17H,1,8-11H2,2H3,(H,18,19);1H. The lowest BCUT2D eigenvalue weighted by molar-refractivity contribution is 0.0914. The minimum atomic E-state index is -0.0148. The van der Waals surface area contributed by atoms with Gasteiger partial charge in [0.15, 0.2) is 0 Å². The number of hydrogen-bond donors (Lipinski definition) is 2. The van der Waals surface area contributed by atoms with E-state index in [-0.39, 0.29) is 24.4 Å². The average molecular weight is 311 g/mol. The van der Waals surface area contributed by atoms with E-state index in [1.54, 1.807) is 18.2 Å². The molecule has 1 heterocycles. The van der Waals surface area contributed by atoms with Crippen LogP contribution in [0.15, 0.2) is 36.9 Å². The Labute approximate surface area is 132 Å². The lowest BCUT2D eigenvalue weighted by Crippen LogP contribution is -2.48. The zero-order chi connectivity index (χ0) is 14.4. The largest absolute Gasteiger partial charge is 0.490 e. The Hall–Kier alpha value is -1.52. The second-order valence-electron chi connectivity index (χ2n) is 5.17. The Morgan fingerprint density at radius 1 is 1.48 bits per heavy atom. The molecule has 0 aromatic heterocycles. The summed E-state index contributed by atoms with van der Waals surface area (Å²) < 4.78 is 5.40. The fourth-order valence-corrected chi connectivity index (χ4v) is 2.34. The maximum Gasteiger partial charge on any atom is 0.251 e. The first-order valence-electron chi connectivity index (χ1n) is 7.06. The van der Waals surface area contributed by atoms with Crippen LogP contribution in [-0.2, 0) is 0 Å². The van der Waals surface area contributed by atoms with Gasteiger partial charge < -0.3 is 15.4 Å². The summed E-state index contributed by atoms with van der Waals surface area (Å²) in [4.78, 5) is 12.2. The molecule has 1 saturated heterocycles. The fourth-order valence-electron chi connectivity index (χ4n) is 2.34. The molecule has 5 heteroatoms. The molecule has 1 aromatic rings. The third-order valence-corrected chi connectivity index (χ3v) is 3.59. The van der Waals surface area contributed by atoms with Crippen LogP contribution in [0.1, 0.15) is 23.7 Å². The maximum absolute atomic E-state index is 12.2. The normalized spacial score (nSPS) is 21.0. The summed E-state index contributed by atoms with van der Waals surface area (Å²) in [6.07, 6.45) is 2.67. The van der Waals surface area contributed by atoms with Crippen LogP contribution in [0.25, 0.3) is 0 Å². The molecule has 2 rings (SSSR count). The molecule has 2 unspecified atom stereocenters. The molecule has 1 aliphatic heterocycles. The van der Waals surface area contributed by atoms with Gasteiger partial charge in [-0.1, -0.05) is 19.6 Å². The molecular formula is C16H23ClN2O2. The van der Waals surface area contributed by atoms with Gasteiger partial charge in [-0.2, -0.15) is 0 Å². The van der Waals surface area contributed by atoms with Gasteiger partial charge in [0.25, 0.3) is 5.91 Å². The van der Waals surface area contributed by atoms with Crippen molar-refractivity contribution in [1.29, 1.82) is 0 Å². The zero-order valence-corrected chi connectivity index (χ0v) is 13.1. The quantitative estimate of drug-likeness (QED) is 0.821. The number of benzene rings is 1. The molecule has 0 saturated carbocycles. The Kier molecular flexibility index (Phi) is 7.26. The molecule has 4 nitrogen and oxygen atoms in total. The number of amides is 1. The Morgan fingerprint density at radius 2 is 2.19 bits per heavy atom. The summed E-state index contributed by atoms with van der Waals surface area (Å²) in [6, 6.07) is 7.45. The topological polar surface area (TPSA) is 50.4 Å². The predicted octanol–water partition coefficient (Wildman–Crippen LogP) is 2.40. The van der Waals surface area contributed by atoms with Crippen molar-refractivity contribution >= 4 is 18.3 Å². The van der Waals surface area contributed by atoms with Crippen molar-refractivity contribution in [2.45, 2.75) is 19.4 Å². The van der Waals surface area contributed by atoms with Crippen molar-refractivity contribution in [3.05, 3.63) is 42.5 Å². The van der Waals surface area contributed by atoms with E-state index < -0.39 is 0 Å². The molecule has 0 spiro atoms. The van der Waals surface area contributed by atoms with Crippen molar-refractivity contribution in [3.8, 4) is 5.75 Å². The number of halogens is 1. The highest BCUT2D eigenvalue weighted by Gasteiger charge is 2.22. The van der Waals surface area contributed by atoms with Crippen LogP contribution in [0.3, 0.4) is 0 Å². The van der Waals surface area contributed by atoms with Crippen LogP contribution in [0.5, 0.6) is 5.75 Å². The lowest BCUT2D eigenvalue weighted by Gasteiger charge is -2.30. The summed E-state index contributed by atoms with van der Waals surface area (Å²) in [6.45, 7) is 8.15. The second-order valence-corrected chi connectivity index (χ2v) is 5.17. The van der Waals surface area contributed by atoms with Crippen molar-refractivity contribution in [2.24, 2.45) is 5.92 Å². The first-order valence-corrected chi connectivity index (χ1v) is 7.06. The lowest BCUT2D eigenvalue weighted by atomic mass is 9.95. The second kappa shape index (κ2) is 8.70. The summed E-state index contributed by atoms with van der Waals surface area (Å²) in [7, 11) is 0. The number of piperidine rings is 1. The molecule has 0 radical (unpaired) electrons. The molecular weight excluding hydrogens is 288 g/mol. The van der Waals surface area contributed by atoms with Crippen LogP contribution < -0.4 is 15.4 Å². The van der Waals surface area contributed by atoms with E-state index in [1.807, 2.05) is 12.1 Å². The van der Waals surface area contributed by atoms with E-state index in [4.69, 9.17) is 4.74 Å². The molecule has 0 aliphatic carbocycles. The van der Waals surface area contributed by atoms with E-state index in [0.29, 0.717) is 18.1 Å². The molecule has 2 N–H and O–H groups in total. The molecule has 2 atom stereocenters. The first-order chi connectivity index (χ1) is 9.70. The number of ether oxygens (including phenoxy) is 1. The van der Waals surface area contributed by atoms with Gasteiger partial charge in [0.1, 0.15) is 12.4 Å². The Morgan fingerprint density at radius 3 is 2.81 bits per heavy atom. The fraction of sp³-hybridized carbons (Fsp3) is 0.438. The number of nitrogens with one attached hydrogen (secondary N) is 2. The predicted molar refractivity (Wildman–Crippen MR) is 87.3 cm³/mol. The number of hydrogen-bond acceptors (Lipinski definition) is 3. The number of carbonyl (C=O) groups excluding carboxylic acids is 1. The molecule has 1 aliphatic rings. The first kappa shape index (κ1) is 17.5. The van der Waals surface area contributed by atoms with E-state index in [1.165, 1.54) is 0 Å². The van der Waals surface area contributed by atoms with Crippen molar-refractivity contribution in [3.63, 3.8) is 0 Å². The van der Waals surface area contributed by atoms with Crippen molar-refractivity contribution < 1.29 is 9.53 Å². The molecule has 21 heavy (non-hydrogen) atoms.